The SMILES string of the molecule is CC.CCCc1nccn2nc(C(C)C)cc12. The van der Waals surface area contributed by atoms with Gasteiger partial charge in [0.05, 0.1) is 16.9 Å². The molecule has 0 saturated heterocycles. The second kappa shape index (κ2) is 6.38. The van der Waals surface area contributed by atoms with Gasteiger partial charge in [-0.3, -0.25) is 4.98 Å². The normalized spacial score (nSPS) is 10.5. The second-order valence-corrected chi connectivity index (χ2v) is 4.18. The van der Waals surface area contributed by atoms with Crippen LogP contribution in [0.15, 0.2) is 18.5 Å². The van der Waals surface area contributed by atoms with Crippen LogP contribution in [-0.4, -0.2) is 14.6 Å². The Bertz CT molecular complexity index is 457. The first kappa shape index (κ1) is 13.7. The van der Waals surface area contributed by atoms with Crippen LogP contribution >= 0.6 is 0 Å². The van der Waals surface area contributed by atoms with Crippen LogP contribution < -0.4 is 0 Å². The maximum atomic E-state index is 4.53. The lowest BCUT2D eigenvalue weighted by Crippen LogP contribution is -1.95. The largest absolute Gasteiger partial charge is 0.257 e. The third-order valence-corrected chi connectivity index (χ3v) is 2.57. The monoisotopic (exact) mass is 233 g/mol. The van der Waals surface area contributed by atoms with Gasteiger partial charge >= 0.3 is 0 Å². The Hall–Kier alpha value is -1.38. The zero-order valence-electron chi connectivity index (χ0n) is 11.6. The fourth-order valence-electron chi connectivity index (χ4n) is 1.71. The summed E-state index contributed by atoms with van der Waals surface area (Å²) in [6.07, 6.45) is 5.89. The third-order valence-electron chi connectivity index (χ3n) is 2.57. The summed E-state index contributed by atoms with van der Waals surface area (Å²) >= 11 is 0. The van der Waals surface area contributed by atoms with E-state index in [2.05, 4.69) is 36.9 Å². The molecule has 2 heterocycles. The molecule has 0 radical (unpaired) electrons. The van der Waals surface area contributed by atoms with Crippen molar-refractivity contribution in [2.45, 2.75) is 53.4 Å². The van der Waals surface area contributed by atoms with Gasteiger partial charge in [0, 0.05) is 12.4 Å². The van der Waals surface area contributed by atoms with Crippen LogP contribution in [0.4, 0.5) is 0 Å². The molecule has 0 atom stereocenters. The molecule has 0 aliphatic heterocycles. The summed E-state index contributed by atoms with van der Waals surface area (Å²) < 4.78 is 1.94. The second-order valence-electron chi connectivity index (χ2n) is 4.18. The van der Waals surface area contributed by atoms with Crippen molar-refractivity contribution in [1.29, 1.82) is 0 Å². The van der Waals surface area contributed by atoms with Crippen molar-refractivity contribution in [3.8, 4) is 0 Å². The summed E-state index contributed by atoms with van der Waals surface area (Å²) in [6.45, 7) is 10.5. The molecular weight excluding hydrogens is 210 g/mol. The molecule has 0 aliphatic rings. The molecule has 0 aromatic carbocycles. The van der Waals surface area contributed by atoms with Gasteiger partial charge in [0.25, 0.3) is 0 Å². The zero-order chi connectivity index (χ0) is 12.8. The van der Waals surface area contributed by atoms with Crippen molar-refractivity contribution < 1.29 is 0 Å². The molecule has 3 heteroatoms. The van der Waals surface area contributed by atoms with E-state index in [1.165, 1.54) is 0 Å². The fraction of sp³-hybridized carbons (Fsp3) is 0.571. The summed E-state index contributed by atoms with van der Waals surface area (Å²) in [7, 11) is 0. The molecular formula is C14H23N3. The molecule has 94 valence electrons. The molecule has 0 fully saturated rings. The number of rotatable bonds is 3. The Morgan fingerprint density at radius 1 is 1.29 bits per heavy atom. The van der Waals surface area contributed by atoms with Gasteiger partial charge < -0.3 is 0 Å². The van der Waals surface area contributed by atoms with Crippen LogP contribution in [0, 0.1) is 0 Å². The third kappa shape index (κ3) is 3.05. The summed E-state index contributed by atoms with van der Waals surface area (Å²) in [5, 5.41) is 4.53. The van der Waals surface area contributed by atoms with Gasteiger partial charge in [-0.05, 0) is 18.4 Å². The maximum absolute atomic E-state index is 4.53. The van der Waals surface area contributed by atoms with Crippen molar-refractivity contribution >= 4 is 5.52 Å². The summed E-state index contributed by atoms with van der Waals surface area (Å²) in [5.41, 5.74) is 3.45. The Labute approximate surface area is 104 Å². The van der Waals surface area contributed by atoms with Crippen LogP contribution in [0.1, 0.15) is 58.3 Å². The van der Waals surface area contributed by atoms with E-state index in [1.807, 2.05) is 30.8 Å². The highest BCUT2D eigenvalue weighted by molar-refractivity contribution is 5.52. The summed E-state index contributed by atoms with van der Waals surface area (Å²) in [4.78, 5) is 4.41. The fourth-order valence-corrected chi connectivity index (χ4v) is 1.71. The van der Waals surface area contributed by atoms with Crippen LogP contribution in [0.25, 0.3) is 5.52 Å². The number of hydrogen-bond donors (Lipinski definition) is 0. The molecule has 0 amide bonds. The lowest BCUT2D eigenvalue weighted by Gasteiger charge is -1.99. The molecule has 0 spiro atoms. The molecule has 2 aromatic rings. The van der Waals surface area contributed by atoms with Gasteiger partial charge in [0.15, 0.2) is 0 Å². The molecule has 0 aliphatic carbocycles. The summed E-state index contributed by atoms with van der Waals surface area (Å²) in [5.74, 6) is 0.472. The van der Waals surface area contributed by atoms with Gasteiger partial charge in [-0.1, -0.05) is 41.0 Å². The smallest absolute Gasteiger partial charge is 0.0879 e. The standard InChI is InChI=1S/C12H17N3.C2H6/c1-4-5-10-12-8-11(9(2)3)14-15(12)7-6-13-10;1-2/h6-9H,4-5H2,1-3H3;1-2H3. The highest BCUT2D eigenvalue weighted by atomic mass is 15.2. The lowest BCUT2D eigenvalue weighted by molar-refractivity contribution is 0.782. The van der Waals surface area contributed by atoms with Crippen molar-refractivity contribution in [3.05, 3.63) is 29.8 Å². The van der Waals surface area contributed by atoms with E-state index >= 15 is 0 Å². The molecule has 0 saturated carbocycles. The van der Waals surface area contributed by atoms with E-state index in [1.54, 1.807) is 0 Å². The Morgan fingerprint density at radius 3 is 2.59 bits per heavy atom. The average Bonchev–Trinajstić information content (AvgIpc) is 2.77. The highest BCUT2D eigenvalue weighted by Crippen LogP contribution is 2.17. The first-order valence-corrected chi connectivity index (χ1v) is 6.55. The molecule has 2 rings (SSSR count). The minimum Gasteiger partial charge on any atom is -0.257 e. The Balaban J connectivity index is 0.000000686. The van der Waals surface area contributed by atoms with E-state index in [9.17, 15) is 0 Å². The number of aryl methyl sites for hydroxylation is 1. The summed E-state index contributed by atoms with van der Waals surface area (Å²) in [6, 6.07) is 2.16. The molecule has 2 aromatic heterocycles. The van der Waals surface area contributed by atoms with Gasteiger partial charge in [-0.25, -0.2) is 4.52 Å². The molecule has 0 bridgehead atoms. The predicted molar refractivity (Wildman–Crippen MR) is 72.4 cm³/mol. The first-order valence-electron chi connectivity index (χ1n) is 6.55. The lowest BCUT2D eigenvalue weighted by atomic mass is 10.1. The van der Waals surface area contributed by atoms with E-state index < -0.39 is 0 Å². The Morgan fingerprint density at radius 2 is 2.00 bits per heavy atom. The minimum absolute atomic E-state index is 0.472. The van der Waals surface area contributed by atoms with E-state index in [4.69, 9.17) is 0 Å². The van der Waals surface area contributed by atoms with Crippen molar-refractivity contribution in [1.82, 2.24) is 14.6 Å². The van der Waals surface area contributed by atoms with Crippen LogP contribution in [0.5, 0.6) is 0 Å². The number of aromatic nitrogens is 3. The molecule has 0 unspecified atom stereocenters. The first-order chi connectivity index (χ1) is 8.22. The number of nitrogens with zero attached hydrogens (tertiary/aromatic N) is 3. The van der Waals surface area contributed by atoms with Crippen LogP contribution in [0.3, 0.4) is 0 Å². The zero-order valence-corrected chi connectivity index (χ0v) is 11.6. The van der Waals surface area contributed by atoms with Gasteiger partial charge in [0.1, 0.15) is 0 Å². The number of fused-ring (bicyclic) bond motifs is 1. The topological polar surface area (TPSA) is 30.2 Å². The van der Waals surface area contributed by atoms with Gasteiger partial charge in [-0.15, -0.1) is 0 Å². The van der Waals surface area contributed by atoms with Gasteiger partial charge in [-0.2, -0.15) is 5.10 Å². The quantitative estimate of drug-likeness (QED) is 0.806. The van der Waals surface area contributed by atoms with E-state index in [0.29, 0.717) is 5.92 Å². The van der Waals surface area contributed by atoms with Crippen molar-refractivity contribution in [3.63, 3.8) is 0 Å². The molecule has 17 heavy (non-hydrogen) atoms. The van der Waals surface area contributed by atoms with E-state index in [0.717, 1.165) is 29.7 Å². The van der Waals surface area contributed by atoms with Crippen molar-refractivity contribution in [2.24, 2.45) is 0 Å². The van der Waals surface area contributed by atoms with Crippen LogP contribution in [-0.2, 0) is 6.42 Å². The molecule has 3 nitrogen and oxygen atoms in total. The Kier molecular flexibility index (Phi) is 5.13. The average molecular weight is 233 g/mol. The molecule has 0 N–H and O–H groups in total. The minimum atomic E-state index is 0.472. The number of hydrogen-bond acceptors (Lipinski definition) is 2. The van der Waals surface area contributed by atoms with Crippen molar-refractivity contribution in [2.75, 3.05) is 0 Å². The maximum Gasteiger partial charge on any atom is 0.0879 e. The van der Waals surface area contributed by atoms with Gasteiger partial charge in [0.2, 0.25) is 0 Å². The highest BCUT2D eigenvalue weighted by Gasteiger charge is 2.08. The predicted octanol–water partition coefficient (Wildman–Crippen LogP) is 3.83. The van der Waals surface area contributed by atoms with E-state index in [-0.39, 0.29) is 0 Å². The van der Waals surface area contributed by atoms with Crippen LogP contribution in [0.2, 0.25) is 0 Å².